The molecule has 0 radical (unpaired) electrons. The lowest BCUT2D eigenvalue weighted by Gasteiger charge is -2.11. The van der Waals surface area contributed by atoms with Gasteiger partial charge in [0, 0.05) is 17.9 Å². The minimum atomic E-state index is -3.02. The van der Waals surface area contributed by atoms with Gasteiger partial charge in [-0.05, 0) is 34.7 Å². The Labute approximate surface area is 191 Å². The molecule has 0 aliphatic heterocycles. The van der Waals surface area contributed by atoms with Gasteiger partial charge in [-0.25, -0.2) is 9.67 Å². The van der Waals surface area contributed by atoms with Crippen molar-refractivity contribution < 1.29 is 8.78 Å². The lowest BCUT2D eigenvalue weighted by molar-refractivity contribution is -0.0177. The summed E-state index contributed by atoms with van der Waals surface area (Å²) in [7, 11) is 0. The number of aromatic amines is 1. The van der Waals surface area contributed by atoms with Crippen LogP contribution in [0.25, 0.3) is 11.4 Å². The average molecular weight is 452 g/mol. The molecule has 0 bridgehead atoms. The zero-order chi connectivity index (χ0) is 23.4. The van der Waals surface area contributed by atoms with Gasteiger partial charge in [-0.15, -0.1) is 15.3 Å². The zero-order valence-electron chi connectivity index (χ0n) is 19.0. The standard InChI is InChI=1S/C24H27F2N7/c1-4-16(3)22-27-23(24(25,26)5-2)30-33(22)15-18-12-10-17(11-13-18)14-19-8-6-7-9-20(19)21-28-31-32-29-21/h6-13,16H,4-5,14-15H2,1-3H3,(H,28,29,31,32). The van der Waals surface area contributed by atoms with Gasteiger partial charge in [-0.1, -0.05) is 69.3 Å². The Hall–Kier alpha value is -3.49. The van der Waals surface area contributed by atoms with Crippen LogP contribution in [0.4, 0.5) is 8.78 Å². The fourth-order valence-corrected chi connectivity index (χ4v) is 3.65. The maximum atomic E-state index is 14.2. The molecule has 4 aromatic rings. The van der Waals surface area contributed by atoms with Crippen molar-refractivity contribution in [2.24, 2.45) is 0 Å². The number of hydrogen-bond acceptors (Lipinski definition) is 5. The van der Waals surface area contributed by atoms with E-state index in [0.717, 1.165) is 28.7 Å². The highest BCUT2D eigenvalue weighted by Gasteiger charge is 2.35. The minimum Gasteiger partial charge on any atom is -0.245 e. The molecule has 0 amide bonds. The summed E-state index contributed by atoms with van der Waals surface area (Å²) in [4.78, 5) is 4.21. The highest BCUT2D eigenvalue weighted by atomic mass is 19.3. The number of alkyl halides is 2. The molecule has 0 saturated carbocycles. The monoisotopic (exact) mass is 451 g/mol. The quantitative estimate of drug-likeness (QED) is 0.382. The third kappa shape index (κ3) is 4.97. The number of H-pyrrole nitrogens is 1. The van der Waals surface area contributed by atoms with Gasteiger partial charge in [0.15, 0.2) is 0 Å². The lowest BCUT2D eigenvalue weighted by Crippen LogP contribution is -2.14. The third-order valence-electron chi connectivity index (χ3n) is 5.88. The smallest absolute Gasteiger partial charge is 0.245 e. The molecule has 9 heteroatoms. The molecule has 1 unspecified atom stereocenters. The highest BCUT2D eigenvalue weighted by molar-refractivity contribution is 5.60. The SMILES string of the molecule is CCC(C)c1nc(C(F)(F)CC)nn1Cc1ccc(Cc2ccccc2-c2nn[nH]n2)cc1. The van der Waals surface area contributed by atoms with E-state index in [9.17, 15) is 8.78 Å². The minimum absolute atomic E-state index is 0.0415. The molecule has 0 aliphatic rings. The van der Waals surface area contributed by atoms with E-state index in [1.807, 2.05) is 62.4 Å². The number of rotatable bonds is 9. The molecular weight excluding hydrogens is 424 g/mol. The number of nitrogens with zero attached hydrogens (tertiary/aromatic N) is 6. The summed E-state index contributed by atoms with van der Waals surface area (Å²) >= 11 is 0. The van der Waals surface area contributed by atoms with Crippen molar-refractivity contribution in [3.63, 3.8) is 0 Å². The Bertz CT molecular complexity index is 1180. The number of hydrogen-bond donors (Lipinski definition) is 1. The predicted octanol–water partition coefficient (Wildman–Crippen LogP) is 5.11. The van der Waals surface area contributed by atoms with Crippen molar-refractivity contribution >= 4 is 0 Å². The van der Waals surface area contributed by atoms with Crippen molar-refractivity contribution in [1.82, 2.24) is 35.4 Å². The zero-order valence-corrected chi connectivity index (χ0v) is 19.0. The van der Waals surface area contributed by atoms with E-state index in [1.165, 1.54) is 6.92 Å². The van der Waals surface area contributed by atoms with Crippen LogP contribution in [-0.2, 0) is 18.9 Å². The van der Waals surface area contributed by atoms with E-state index in [1.54, 1.807) is 4.68 Å². The Kier molecular flexibility index (Phi) is 6.57. The van der Waals surface area contributed by atoms with Crippen LogP contribution >= 0.6 is 0 Å². The van der Waals surface area contributed by atoms with Crippen molar-refractivity contribution in [1.29, 1.82) is 0 Å². The van der Waals surface area contributed by atoms with E-state index >= 15 is 0 Å². The molecule has 7 nitrogen and oxygen atoms in total. The van der Waals surface area contributed by atoms with Gasteiger partial charge in [-0.2, -0.15) is 14.0 Å². The summed E-state index contributed by atoms with van der Waals surface area (Å²) in [6, 6.07) is 16.0. The van der Waals surface area contributed by atoms with Crippen LogP contribution in [0.3, 0.4) is 0 Å². The van der Waals surface area contributed by atoms with Crippen LogP contribution in [0.1, 0.15) is 67.9 Å². The number of aromatic nitrogens is 7. The van der Waals surface area contributed by atoms with Gasteiger partial charge < -0.3 is 0 Å². The van der Waals surface area contributed by atoms with Gasteiger partial charge in [0.05, 0.1) is 6.54 Å². The van der Waals surface area contributed by atoms with E-state index < -0.39 is 11.7 Å². The molecule has 0 spiro atoms. The second-order valence-electron chi connectivity index (χ2n) is 8.20. The van der Waals surface area contributed by atoms with Crippen molar-refractivity contribution in [2.75, 3.05) is 0 Å². The van der Waals surface area contributed by atoms with Gasteiger partial charge >= 0.3 is 5.92 Å². The largest absolute Gasteiger partial charge is 0.308 e. The number of nitrogens with one attached hydrogen (secondary N) is 1. The molecule has 2 aromatic carbocycles. The van der Waals surface area contributed by atoms with E-state index in [-0.39, 0.29) is 12.3 Å². The first-order valence-corrected chi connectivity index (χ1v) is 11.1. The van der Waals surface area contributed by atoms with Gasteiger partial charge in [0.25, 0.3) is 0 Å². The fourth-order valence-electron chi connectivity index (χ4n) is 3.65. The molecule has 1 atom stereocenters. The molecule has 0 fully saturated rings. The van der Waals surface area contributed by atoms with Crippen LogP contribution in [-0.4, -0.2) is 35.4 Å². The molecule has 1 N–H and O–H groups in total. The normalized spacial score (nSPS) is 12.8. The number of halogens is 2. The van der Waals surface area contributed by atoms with E-state index in [0.29, 0.717) is 24.6 Å². The van der Waals surface area contributed by atoms with Gasteiger partial charge in [-0.3, -0.25) is 0 Å². The summed E-state index contributed by atoms with van der Waals surface area (Å²) in [6.07, 6.45) is 1.19. The first kappa shape index (κ1) is 22.7. The topological polar surface area (TPSA) is 85.2 Å². The Morgan fingerprint density at radius 2 is 1.76 bits per heavy atom. The van der Waals surface area contributed by atoms with Crippen LogP contribution in [0, 0.1) is 0 Å². The average Bonchev–Trinajstić information content (AvgIpc) is 3.51. The molecule has 4 rings (SSSR count). The molecule has 2 heterocycles. The molecular formula is C24H27F2N7. The van der Waals surface area contributed by atoms with Crippen LogP contribution in [0.15, 0.2) is 48.5 Å². The predicted molar refractivity (Wildman–Crippen MR) is 121 cm³/mol. The first-order chi connectivity index (χ1) is 15.9. The summed E-state index contributed by atoms with van der Waals surface area (Å²) in [5.74, 6) is -2.22. The number of tetrazole rings is 1. The maximum absolute atomic E-state index is 14.2. The van der Waals surface area contributed by atoms with Crippen LogP contribution < -0.4 is 0 Å². The molecule has 172 valence electrons. The maximum Gasteiger partial charge on any atom is 0.308 e. The van der Waals surface area contributed by atoms with Crippen molar-refractivity contribution in [2.45, 2.75) is 58.4 Å². The van der Waals surface area contributed by atoms with Crippen LogP contribution in [0.2, 0.25) is 0 Å². The van der Waals surface area contributed by atoms with Crippen molar-refractivity contribution in [3.8, 4) is 11.4 Å². The summed E-state index contributed by atoms with van der Waals surface area (Å²) in [5, 5.41) is 18.5. The molecule has 0 saturated heterocycles. The third-order valence-corrected chi connectivity index (χ3v) is 5.88. The summed E-state index contributed by atoms with van der Waals surface area (Å²) in [5.41, 5.74) is 4.12. The van der Waals surface area contributed by atoms with Crippen molar-refractivity contribution in [3.05, 3.63) is 76.9 Å². The van der Waals surface area contributed by atoms with Gasteiger partial charge in [0.2, 0.25) is 11.6 Å². The second kappa shape index (κ2) is 9.56. The Morgan fingerprint density at radius 1 is 1.03 bits per heavy atom. The molecule has 2 aromatic heterocycles. The fraction of sp³-hybridized carbons (Fsp3) is 0.375. The van der Waals surface area contributed by atoms with E-state index in [4.69, 9.17) is 0 Å². The second-order valence-corrected chi connectivity index (χ2v) is 8.20. The first-order valence-electron chi connectivity index (χ1n) is 11.1. The summed E-state index contributed by atoms with van der Waals surface area (Å²) in [6.45, 7) is 5.84. The van der Waals surface area contributed by atoms with E-state index in [2.05, 4.69) is 30.7 Å². The van der Waals surface area contributed by atoms with Crippen LogP contribution in [0.5, 0.6) is 0 Å². The highest BCUT2D eigenvalue weighted by Crippen LogP contribution is 2.30. The lowest BCUT2D eigenvalue weighted by atomic mass is 9.98. The van der Waals surface area contributed by atoms with Gasteiger partial charge in [0.1, 0.15) is 5.82 Å². The number of benzene rings is 2. The summed E-state index contributed by atoms with van der Waals surface area (Å²) < 4.78 is 30.1. The molecule has 0 aliphatic carbocycles. The molecule has 33 heavy (non-hydrogen) atoms. The Morgan fingerprint density at radius 3 is 2.42 bits per heavy atom. The Balaban J connectivity index is 1.55.